The highest BCUT2D eigenvalue weighted by atomic mass is 19.1. The van der Waals surface area contributed by atoms with Crippen molar-refractivity contribution in [2.24, 2.45) is 5.92 Å². The number of likely N-dealkylation sites (tertiary alicyclic amines) is 1. The Morgan fingerprint density at radius 2 is 2.11 bits per heavy atom. The van der Waals surface area contributed by atoms with E-state index in [1.54, 1.807) is 7.11 Å². The quantitative estimate of drug-likeness (QED) is 0.767. The molecule has 0 radical (unpaired) electrons. The van der Waals surface area contributed by atoms with E-state index >= 15 is 0 Å². The molecule has 3 nitrogen and oxygen atoms in total. The number of carbonyl (C=O) groups is 1. The van der Waals surface area contributed by atoms with Crippen molar-refractivity contribution in [3.05, 3.63) is 35.4 Å². The Kier molecular flexibility index (Phi) is 4.61. The van der Waals surface area contributed by atoms with Crippen LogP contribution in [0.1, 0.15) is 16.8 Å². The van der Waals surface area contributed by atoms with Gasteiger partial charge >= 0.3 is 0 Å². The molecule has 2 rings (SSSR count). The molecule has 1 unspecified atom stereocenters. The molecule has 0 aliphatic carbocycles. The molecule has 1 aliphatic heterocycles. The summed E-state index contributed by atoms with van der Waals surface area (Å²) in [5.41, 5.74) is -0.433. The van der Waals surface area contributed by atoms with E-state index in [1.165, 1.54) is 6.07 Å². The average molecular weight is 269 g/mol. The van der Waals surface area contributed by atoms with Crippen LogP contribution in [0.25, 0.3) is 0 Å². The fourth-order valence-electron chi connectivity index (χ4n) is 2.47. The molecular weight excluding hydrogens is 252 g/mol. The Balaban J connectivity index is 1.99. The maximum atomic E-state index is 13.5. The minimum atomic E-state index is -0.794. The van der Waals surface area contributed by atoms with Crippen LogP contribution in [0.5, 0.6) is 0 Å². The number of hydrogen-bond acceptors (Lipinski definition) is 3. The van der Waals surface area contributed by atoms with Crippen LogP contribution in [0, 0.1) is 17.6 Å². The van der Waals surface area contributed by atoms with Crippen molar-refractivity contribution < 1.29 is 18.3 Å². The zero-order valence-electron chi connectivity index (χ0n) is 10.9. The van der Waals surface area contributed by atoms with Gasteiger partial charge in [0.15, 0.2) is 5.78 Å². The normalized spacial score (nSPS) is 19.8. The first-order valence-corrected chi connectivity index (χ1v) is 6.30. The number of Topliss-reactive ketones (excluding diaryl/α,β-unsaturated/α-hetero) is 1. The summed E-state index contributed by atoms with van der Waals surface area (Å²) in [5.74, 6) is -1.70. The highest BCUT2D eigenvalue weighted by molar-refractivity contribution is 5.98. The van der Waals surface area contributed by atoms with Crippen LogP contribution in [0.4, 0.5) is 8.78 Å². The zero-order valence-corrected chi connectivity index (χ0v) is 10.9. The lowest BCUT2D eigenvalue weighted by Gasteiger charge is -2.15. The summed E-state index contributed by atoms with van der Waals surface area (Å²) in [6.45, 7) is 2.20. The first-order valence-electron chi connectivity index (χ1n) is 6.30. The van der Waals surface area contributed by atoms with Gasteiger partial charge in [-0.3, -0.25) is 9.69 Å². The largest absolute Gasteiger partial charge is 0.384 e. The summed E-state index contributed by atoms with van der Waals surface area (Å²) in [5, 5.41) is 0. The Morgan fingerprint density at radius 1 is 1.42 bits per heavy atom. The number of methoxy groups -OCH3 is 1. The maximum Gasteiger partial charge on any atom is 0.182 e. The minimum absolute atomic E-state index is 0.0536. The molecule has 0 bridgehead atoms. The van der Waals surface area contributed by atoms with Crippen molar-refractivity contribution in [2.45, 2.75) is 6.42 Å². The van der Waals surface area contributed by atoms with Crippen molar-refractivity contribution in [3.63, 3.8) is 0 Å². The summed E-state index contributed by atoms with van der Waals surface area (Å²) in [4.78, 5) is 13.9. The standard InChI is InChI=1S/C14H17F2NO2/c1-19-9-10-5-6-17(7-10)8-13(18)14-11(15)3-2-4-12(14)16/h2-4,10H,5-9H2,1H3. The number of benzene rings is 1. The summed E-state index contributed by atoms with van der Waals surface area (Å²) in [6, 6.07) is 3.47. The van der Waals surface area contributed by atoms with E-state index in [0.29, 0.717) is 12.5 Å². The summed E-state index contributed by atoms with van der Waals surface area (Å²) in [6.07, 6.45) is 0.945. The lowest BCUT2D eigenvalue weighted by molar-refractivity contribution is 0.0928. The number of ether oxygens (including phenoxy) is 1. The van der Waals surface area contributed by atoms with Crippen molar-refractivity contribution >= 4 is 5.78 Å². The number of carbonyl (C=O) groups excluding carboxylic acids is 1. The van der Waals surface area contributed by atoms with Crippen LogP contribution in [-0.4, -0.2) is 44.0 Å². The van der Waals surface area contributed by atoms with E-state index in [0.717, 1.165) is 31.6 Å². The predicted octanol–water partition coefficient (Wildman–Crippen LogP) is 2.12. The van der Waals surface area contributed by atoms with Crippen molar-refractivity contribution in [1.29, 1.82) is 0 Å². The van der Waals surface area contributed by atoms with Crippen LogP contribution >= 0.6 is 0 Å². The van der Waals surface area contributed by atoms with Gasteiger partial charge in [-0.05, 0) is 31.0 Å². The topological polar surface area (TPSA) is 29.5 Å². The van der Waals surface area contributed by atoms with Gasteiger partial charge in [-0.25, -0.2) is 8.78 Å². The van der Waals surface area contributed by atoms with Crippen molar-refractivity contribution in [1.82, 2.24) is 4.90 Å². The average Bonchev–Trinajstić information content (AvgIpc) is 2.77. The van der Waals surface area contributed by atoms with Gasteiger partial charge in [0, 0.05) is 13.7 Å². The lowest BCUT2D eigenvalue weighted by atomic mass is 10.1. The number of halogens is 2. The highest BCUT2D eigenvalue weighted by Gasteiger charge is 2.26. The van der Waals surface area contributed by atoms with Crippen LogP contribution in [0.3, 0.4) is 0 Å². The molecule has 1 aromatic carbocycles. The second-order valence-electron chi connectivity index (χ2n) is 4.86. The number of ketones is 1. The van der Waals surface area contributed by atoms with E-state index in [2.05, 4.69) is 0 Å². The monoisotopic (exact) mass is 269 g/mol. The lowest BCUT2D eigenvalue weighted by Crippen LogP contribution is -2.29. The first-order chi connectivity index (χ1) is 9.11. The van der Waals surface area contributed by atoms with Gasteiger partial charge < -0.3 is 4.74 Å². The third-order valence-electron chi connectivity index (χ3n) is 3.38. The predicted molar refractivity (Wildman–Crippen MR) is 67.1 cm³/mol. The van der Waals surface area contributed by atoms with E-state index in [1.807, 2.05) is 4.90 Å². The van der Waals surface area contributed by atoms with Crippen LogP contribution in [0.2, 0.25) is 0 Å². The van der Waals surface area contributed by atoms with Crippen LogP contribution in [0.15, 0.2) is 18.2 Å². The Labute approximate surface area is 111 Å². The molecule has 1 heterocycles. The molecule has 19 heavy (non-hydrogen) atoms. The smallest absolute Gasteiger partial charge is 0.182 e. The van der Waals surface area contributed by atoms with Crippen LogP contribution < -0.4 is 0 Å². The van der Waals surface area contributed by atoms with Crippen molar-refractivity contribution in [2.75, 3.05) is 33.4 Å². The van der Waals surface area contributed by atoms with Crippen LogP contribution in [-0.2, 0) is 4.74 Å². The molecule has 1 saturated heterocycles. The molecule has 5 heteroatoms. The molecule has 0 spiro atoms. The van der Waals surface area contributed by atoms with Gasteiger partial charge in [-0.2, -0.15) is 0 Å². The van der Waals surface area contributed by atoms with Gasteiger partial charge in [0.2, 0.25) is 0 Å². The molecule has 0 amide bonds. The second kappa shape index (κ2) is 6.21. The number of nitrogens with zero attached hydrogens (tertiary/aromatic N) is 1. The molecule has 1 aromatic rings. The molecule has 104 valence electrons. The summed E-state index contributed by atoms with van der Waals surface area (Å²) in [7, 11) is 1.64. The SMILES string of the molecule is COCC1CCN(CC(=O)c2c(F)cccc2F)C1. The fourth-order valence-corrected chi connectivity index (χ4v) is 2.47. The number of rotatable bonds is 5. The van der Waals surface area contributed by atoms with Gasteiger partial charge in [0.05, 0.1) is 18.7 Å². The Morgan fingerprint density at radius 3 is 2.74 bits per heavy atom. The zero-order chi connectivity index (χ0) is 13.8. The molecule has 1 atom stereocenters. The minimum Gasteiger partial charge on any atom is -0.384 e. The fraction of sp³-hybridized carbons (Fsp3) is 0.500. The Bertz CT molecular complexity index is 445. The summed E-state index contributed by atoms with van der Waals surface area (Å²) < 4.78 is 32.0. The molecule has 0 N–H and O–H groups in total. The molecule has 0 saturated carbocycles. The Hall–Kier alpha value is -1.33. The van der Waals surface area contributed by atoms with E-state index in [9.17, 15) is 13.6 Å². The van der Waals surface area contributed by atoms with Gasteiger partial charge in [-0.1, -0.05) is 6.07 Å². The van der Waals surface area contributed by atoms with Gasteiger partial charge in [-0.15, -0.1) is 0 Å². The second-order valence-corrected chi connectivity index (χ2v) is 4.86. The molecule has 0 aromatic heterocycles. The van der Waals surface area contributed by atoms with E-state index in [4.69, 9.17) is 4.74 Å². The first kappa shape index (κ1) is 14.1. The molecule has 1 fully saturated rings. The third-order valence-corrected chi connectivity index (χ3v) is 3.38. The van der Waals surface area contributed by atoms with Gasteiger partial charge in [0.1, 0.15) is 11.6 Å². The molecule has 1 aliphatic rings. The third kappa shape index (κ3) is 3.36. The number of hydrogen-bond donors (Lipinski definition) is 0. The van der Waals surface area contributed by atoms with E-state index in [-0.39, 0.29) is 6.54 Å². The highest BCUT2D eigenvalue weighted by Crippen LogP contribution is 2.18. The van der Waals surface area contributed by atoms with E-state index < -0.39 is 23.0 Å². The maximum absolute atomic E-state index is 13.5. The van der Waals surface area contributed by atoms with Gasteiger partial charge in [0.25, 0.3) is 0 Å². The molecular formula is C14H17F2NO2. The summed E-state index contributed by atoms with van der Waals surface area (Å²) >= 11 is 0. The van der Waals surface area contributed by atoms with Crippen molar-refractivity contribution in [3.8, 4) is 0 Å².